The fourth-order valence-electron chi connectivity index (χ4n) is 5.31. The molecule has 0 aliphatic carbocycles. The number of likely N-dealkylation sites (N-methyl/N-ethyl adjacent to an activating group) is 1. The summed E-state index contributed by atoms with van der Waals surface area (Å²) < 4.78 is 5.55. The lowest BCUT2D eigenvalue weighted by Gasteiger charge is -2.43. The van der Waals surface area contributed by atoms with Gasteiger partial charge in [-0.15, -0.1) is 0 Å². The second-order valence-electron chi connectivity index (χ2n) is 10.2. The van der Waals surface area contributed by atoms with Crippen LogP contribution in [-0.2, 0) is 15.1 Å². The van der Waals surface area contributed by atoms with Crippen LogP contribution in [0.1, 0.15) is 25.3 Å². The molecule has 6 nitrogen and oxygen atoms in total. The quantitative estimate of drug-likeness (QED) is 0.369. The van der Waals surface area contributed by atoms with Crippen LogP contribution in [0.25, 0.3) is 11.1 Å². The van der Waals surface area contributed by atoms with Gasteiger partial charge in [-0.3, -0.25) is 14.5 Å². The highest BCUT2D eigenvalue weighted by atomic mass is 35.5. The van der Waals surface area contributed by atoms with Gasteiger partial charge in [-0.25, -0.2) is 0 Å². The fraction of sp³-hybridized carbons (Fsp3) is 0.333. The van der Waals surface area contributed by atoms with E-state index in [1.54, 1.807) is 17.0 Å². The third-order valence-electron chi connectivity index (χ3n) is 7.70. The predicted octanol–water partition coefficient (Wildman–Crippen LogP) is 5.86. The summed E-state index contributed by atoms with van der Waals surface area (Å²) in [6.45, 7) is 4.54. The van der Waals surface area contributed by atoms with Gasteiger partial charge in [0, 0.05) is 19.7 Å². The van der Waals surface area contributed by atoms with Crippen molar-refractivity contribution in [3.05, 3.63) is 82.3 Å². The third kappa shape index (κ3) is 5.26. The van der Waals surface area contributed by atoms with Crippen molar-refractivity contribution in [2.75, 3.05) is 44.7 Å². The molecule has 1 saturated heterocycles. The Morgan fingerprint density at radius 3 is 2.29 bits per heavy atom. The number of amides is 2. The number of carbonyl (C=O) groups is 2. The number of benzene rings is 3. The summed E-state index contributed by atoms with van der Waals surface area (Å²) in [5.74, 6) is -0.0389. The number of carbonyl (C=O) groups excluding carboxylic acids is 2. The largest absolute Gasteiger partial charge is 0.482 e. The fourth-order valence-corrected chi connectivity index (χ4v) is 5.62. The lowest BCUT2D eigenvalue weighted by molar-refractivity contribution is -0.136. The van der Waals surface area contributed by atoms with Crippen LogP contribution < -0.4 is 9.64 Å². The highest BCUT2D eigenvalue weighted by Crippen LogP contribution is 2.39. The van der Waals surface area contributed by atoms with Gasteiger partial charge < -0.3 is 14.5 Å². The van der Waals surface area contributed by atoms with Gasteiger partial charge in [0.05, 0.1) is 21.3 Å². The Hall–Kier alpha value is -3.06. The lowest BCUT2D eigenvalue weighted by atomic mass is 9.88. The summed E-state index contributed by atoms with van der Waals surface area (Å²) in [6.07, 6.45) is 2.31. The Morgan fingerprint density at radius 2 is 1.61 bits per heavy atom. The summed E-state index contributed by atoms with van der Waals surface area (Å²) >= 11 is 12.4. The molecule has 5 rings (SSSR count). The molecule has 2 aliphatic rings. The van der Waals surface area contributed by atoms with E-state index >= 15 is 0 Å². The van der Waals surface area contributed by atoms with Crippen LogP contribution in [0, 0.1) is 0 Å². The maximum atomic E-state index is 13.8. The maximum absolute atomic E-state index is 13.8. The van der Waals surface area contributed by atoms with E-state index in [1.807, 2.05) is 25.2 Å². The molecular weight excluding hydrogens is 521 g/mol. The van der Waals surface area contributed by atoms with Crippen molar-refractivity contribution in [2.24, 2.45) is 0 Å². The first-order chi connectivity index (χ1) is 18.3. The van der Waals surface area contributed by atoms with Gasteiger partial charge in [0.1, 0.15) is 12.3 Å². The lowest BCUT2D eigenvalue weighted by Crippen LogP contribution is -2.55. The van der Waals surface area contributed by atoms with E-state index in [-0.39, 0.29) is 25.0 Å². The molecule has 0 aromatic heterocycles. The molecule has 0 bridgehead atoms. The van der Waals surface area contributed by atoms with Crippen molar-refractivity contribution >= 4 is 40.7 Å². The number of hydrogen-bond donors (Lipinski definition) is 0. The SMILES string of the molecule is CN(C(=O)CN1C(=O)COc2cc(Cl)c(Cl)cc21)C(C)(CN1CCCC1)c1ccc(-c2ccccc2)cc1. The van der Waals surface area contributed by atoms with Gasteiger partial charge >= 0.3 is 0 Å². The summed E-state index contributed by atoms with van der Waals surface area (Å²) in [5, 5.41) is 0.632. The van der Waals surface area contributed by atoms with Gasteiger partial charge in [-0.05, 0) is 55.6 Å². The Morgan fingerprint density at radius 1 is 0.974 bits per heavy atom. The van der Waals surface area contributed by atoms with Gasteiger partial charge in [-0.2, -0.15) is 0 Å². The molecule has 2 aliphatic heterocycles. The number of nitrogens with zero attached hydrogens (tertiary/aromatic N) is 3. The smallest absolute Gasteiger partial charge is 0.265 e. The minimum absolute atomic E-state index is 0.124. The number of hydrogen-bond acceptors (Lipinski definition) is 4. The molecule has 1 atom stereocenters. The third-order valence-corrected chi connectivity index (χ3v) is 8.42. The molecule has 0 saturated carbocycles. The van der Waals surface area contributed by atoms with Gasteiger partial charge in [-0.1, -0.05) is 77.8 Å². The molecule has 1 unspecified atom stereocenters. The van der Waals surface area contributed by atoms with E-state index in [4.69, 9.17) is 27.9 Å². The first-order valence-corrected chi connectivity index (χ1v) is 13.6. The van der Waals surface area contributed by atoms with E-state index in [1.165, 1.54) is 4.90 Å². The molecule has 8 heteroatoms. The molecule has 3 aromatic rings. The van der Waals surface area contributed by atoms with Crippen molar-refractivity contribution in [1.82, 2.24) is 9.80 Å². The Kier molecular flexibility index (Phi) is 7.66. The topological polar surface area (TPSA) is 53.1 Å². The van der Waals surface area contributed by atoms with Gasteiger partial charge in [0.2, 0.25) is 5.91 Å². The molecule has 1 fully saturated rings. The first kappa shape index (κ1) is 26.5. The van der Waals surface area contributed by atoms with Crippen molar-refractivity contribution in [3.8, 4) is 16.9 Å². The zero-order valence-corrected chi connectivity index (χ0v) is 23.1. The van der Waals surface area contributed by atoms with Gasteiger partial charge in [0.25, 0.3) is 5.91 Å². The second kappa shape index (κ2) is 11.0. The number of ether oxygens (including phenoxy) is 1. The minimum Gasteiger partial charge on any atom is -0.482 e. The molecule has 2 heterocycles. The van der Waals surface area contributed by atoms with Crippen LogP contribution >= 0.6 is 23.2 Å². The van der Waals surface area contributed by atoms with E-state index < -0.39 is 5.54 Å². The van der Waals surface area contributed by atoms with Crippen LogP contribution in [0.2, 0.25) is 10.0 Å². The van der Waals surface area contributed by atoms with Crippen molar-refractivity contribution < 1.29 is 14.3 Å². The van der Waals surface area contributed by atoms with Crippen LogP contribution in [0.5, 0.6) is 5.75 Å². The number of likely N-dealkylation sites (tertiary alicyclic amines) is 1. The predicted molar refractivity (Wildman–Crippen MR) is 152 cm³/mol. The standard InChI is InChI=1S/C30H31Cl2N3O3/c1-30(20-34-14-6-7-15-34,23-12-10-22(11-13-23)21-8-4-3-5-9-21)33(2)28(36)18-35-26-16-24(31)25(32)17-27(26)38-19-29(35)37/h3-5,8-13,16-17H,6-7,14-15,18-20H2,1-2H3. The molecule has 38 heavy (non-hydrogen) atoms. The van der Waals surface area contributed by atoms with Crippen molar-refractivity contribution in [3.63, 3.8) is 0 Å². The normalized spacial score (nSPS) is 17.1. The first-order valence-electron chi connectivity index (χ1n) is 12.8. The zero-order valence-electron chi connectivity index (χ0n) is 21.6. The second-order valence-corrected chi connectivity index (χ2v) is 11.0. The zero-order chi connectivity index (χ0) is 26.9. The van der Waals surface area contributed by atoms with Crippen molar-refractivity contribution in [2.45, 2.75) is 25.3 Å². The molecule has 198 valence electrons. The molecule has 2 amide bonds. The van der Waals surface area contributed by atoms with Crippen LogP contribution in [0.4, 0.5) is 5.69 Å². The van der Waals surface area contributed by atoms with E-state index in [2.05, 4.69) is 48.2 Å². The number of halogens is 2. The molecule has 0 spiro atoms. The Bertz CT molecular complexity index is 1330. The average Bonchev–Trinajstić information content (AvgIpc) is 3.44. The summed E-state index contributed by atoms with van der Waals surface area (Å²) in [4.78, 5) is 32.3. The highest BCUT2D eigenvalue weighted by Gasteiger charge is 2.39. The number of anilines is 1. The van der Waals surface area contributed by atoms with Crippen LogP contribution in [0.15, 0.2) is 66.7 Å². The van der Waals surface area contributed by atoms with E-state index in [0.717, 1.165) is 42.6 Å². The highest BCUT2D eigenvalue weighted by molar-refractivity contribution is 6.42. The summed E-state index contributed by atoms with van der Waals surface area (Å²) in [7, 11) is 1.82. The molecule has 0 radical (unpaired) electrons. The molecule has 0 N–H and O–H groups in total. The maximum Gasteiger partial charge on any atom is 0.265 e. The number of rotatable bonds is 7. The molecule has 3 aromatic carbocycles. The monoisotopic (exact) mass is 551 g/mol. The summed E-state index contributed by atoms with van der Waals surface area (Å²) in [5.41, 5.74) is 3.16. The van der Waals surface area contributed by atoms with E-state index in [9.17, 15) is 9.59 Å². The Balaban J connectivity index is 1.43. The minimum atomic E-state index is -0.605. The number of fused-ring (bicyclic) bond motifs is 1. The van der Waals surface area contributed by atoms with Gasteiger partial charge in [0.15, 0.2) is 6.61 Å². The average molecular weight is 553 g/mol. The van der Waals surface area contributed by atoms with Crippen LogP contribution in [0.3, 0.4) is 0 Å². The summed E-state index contributed by atoms with van der Waals surface area (Å²) in [6, 6.07) is 21.8. The van der Waals surface area contributed by atoms with E-state index in [0.29, 0.717) is 28.0 Å². The van der Waals surface area contributed by atoms with Crippen LogP contribution in [-0.4, -0.2) is 61.4 Å². The molecular formula is C30H31Cl2N3O3. The Labute approximate surface area is 233 Å². The van der Waals surface area contributed by atoms with Crippen molar-refractivity contribution in [1.29, 1.82) is 0 Å².